The first-order valence-electron chi connectivity index (χ1n) is 7.46. The van der Waals surface area contributed by atoms with Crippen LogP contribution in [0.3, 0.4) is 0 Å². The topological polar surface area (TPSA) is 63.4 Å². The maximum absolute atomic E-state index is 12.5. The molecule has 114 valence electrons. The maximum Gasteiger partial charge on any atom is 0.214 e. The molecule has 0 amide bonds. The van der Waals surface area contributed by atoms with Crippen molar-refractivity contribution in [2.45, 2.75) is 65.3 Å². The van der Waals surface area contributed by atoms with E-state index < -0.39 is 10.0 Å². The Labute approximate surface area is 118 Å². The summed E-state index contributed by atoms with van der Waals surface area (Å²) in [4.78, 5) is 0. The highest BCUT2D eigenvalue weighted by atomic mass is 32.2. The second-order valence-electron chi connectivity index (χ2n) is 6.82. The van der Waals surface area contributed by atoms with Gasteiger partial charge in [0.25, 0.3) is 0 Å². The van der Waals surface area contributed by atoms with Crippen molar-refractivity contribution in [3.05, 3.63) is 0 Å². The zero-order valence-electron chi connectivity index (χ0n) is 12.7. The summed E-state index contributed by atoms with van der Waals surface area (Å²) in [6.07, 6.45) is 6.20. The zero-order valence-corrected chi connectivity index (χ0v) is 13.5. The Morgan fingerprint density at radius 3 is 2.21 bits per heavy atom. The van der Waals surface area contributed by atoms with E-state index in [0.717, 1.165) is 25.7 Å². The lowest BCUT2D eigenvalue weighted by Crippen LogP contribution is -2.45. The minimum Gasteiger partial charge on any atom is -0.329 e. The number of rotatable bonds is 6. The highest BCUT2D eigenvalue weighted by Gasteiger charge is 2.31. The van der Waals surface area contributed by atoms with E-state index in [9.17, 15) is 8.42 Å². The van der Waals surface area contributed by atoms with Crippen LogP contribution < -0.4 is 5.73 Å². The molecule has 0 aromatic rings. The Morgan fingerprint density at radius 2 is 1.74 bits per heavy atom. The van der Waals surface area contributed by atoms with Gasteiger partial charge in [0.15, 0.2) is 0 Å². The number of nitrogens with two attached hydrogens (primary N) is 1. The molecule has 4 nitrogen and oxygen atoms in total. The molecule has 0 unspecified atom stereocenters. The predicted octanol–water partition coefficient (Wildman–Crippen LogP) is 2.35. The minimum absolute atomic E-state index is 0.0496. The molecule has 5 heteroatoms. The number of nitrogens with zero attached hydrogens (tertiary/aromatic N) is 1. The normalized spacial score (nSPS) is 19.0. The van der Waals surface area contributed by atoms with Crippen LogP contribution in [0.15, 0.2) is 0 Å². The molecule has 1 saturated carbocycles. The first-order chi connectivity index (χ1) is 8.76. The van der Waals surface area contributed by atoms with E-state index in [1.165, 1.54) is 6.42 Å². The van der Waals surface area contributed by atoms with Gasteiger partial charge in [0.1, 0.15) is 0 Å². The van der Waals surface area contributed by atoms with Crippen LogP contribution in [0, 0.1) is 5.41 Å². The highest BCUT2D eigenvalue weighted by molar-refractivity contribution is 7.89. The van der Waals surface area contributed by atoms with Crippen molar-refractivity contribution < 1.29 is 8.42 Å². The Balaban J connectivity index is 2.72. The van der Waals surface area contributed by atoms with E-state index in [1.54, 1.807) is 4.31 Å². The van der Waals surface area contributed by atoms with Crippen molar-refractivity contribution in [1.82, 2.24) is 4.31 Å². The molecule has 0 spiro atoms. The molecule has 19 heavy (non-hydrogen) atoms. The molecule has 2 N–H and O–H groups in total. The van der Waals surface area contributed by atoms with Crippen LogP contribution in [0.4, 0.5) is 0 Å². The van der Waals surface area contributed by atoms with E-state index in [2.05, 4.69) is 20.8 Å². The summed E-state index contributed by atoms with van der Waals surface area (Å²) in [6.45, 7) is 7.12. The average molecular weight is 290 g/mol. The monoisotopic (exact) mass is 290 g/mol. The third kappa shape index (κ3) is 5.79. The van der Waals surface area contributed by atoms with Crippen LogP contribution in [0.2, 0.25) is 0 Å². The molecule has 0 aromatic carbocycles. The van der Waals surface area contributed by atoms with E-state index in [4.69, 9.17) is 5.73 Å². The van der Waals surface area contributed by atoms with Crippen molar-refractivity contribution in [2.75, 3.05) is 18.8 Å². The Morgan fingerprint density at radius 1 is 1.16 bits per heavy atom. The lowest BCUT2D eigenvalue weighted by Gasteiger charge is -2.34. The van der Waals surface area contributed by atoms with Gasteiger partial charge in [-0.25, -0.2) is 8.42 Å². The van der Waals surface area contributed by atoms with Gasteiger partial charge in [-0.15, -0.1) is 0 Å². The van der Waals surface area contributed by atoms with Gasteiger partial charge in [-0.2, -0.15) is 4.31 Å². The van der Waals surface area contributed by atoms with Crippen LogP contribution >= 0.6 is 0 Å². The number of sulfonamides is 1. The lowest BCUT2D eigenvalue weighted by molar-refractivity contribution is 0.255. The fourth-order valence-corrected chi connectivity index (χ4v) is 4.75. The summed E-state index contributed by atoms with van der Waals surface area (Å²) in [6, 6.07) is 0.183. The summed E-state index contributed by atoms with van der Waals surface area (Å²) >= 11 is 0. The first kappa shape index (κ1) is 16.9. The van der Waals surface area contributed by atoms with Gasteiger partial charge in [0.05, 0.1) is 5.75 Å². The maximum atomic E-state index is 12.5. The molecule has 0 heterocycles. The summed E-state index contributed by atoms with van der Waals surface area (Å²) in [5, 5.41) is 0. The lowest BCUT2D eigenvalue weighted by atomic mass is 9.94. The van der Waals surface area contributed by atoms with Crippen LogP contribution in [0.25, 0.3) is 0 Å². The summed E-state index contributed by atoms with van der Waals surface area (Å²) in [7, 11) is -3.16. The molecule has 0 radical (unpaired) electrons. The van der Waals surface area contributed by atoms with Crippen molar-refractivity contribution >= 4 is 10.0 Å². The van der Waals surface area contributed by atoms with Crippen molar-refractivity contribution in [1.29, 1.82) is 0 Å². The fraction of sp³-hybridized carbons (Fsp3) is 1.00. The summed E-state index contributed by atoms with van der Waals surface area (Å²) in [5.74, 6) is 0.243. The number of hydrogen-bond donors (Lipinski definition) is 1. The van der Waals surface area contributed by atoms with Crippen molar-refractivity contribution in [2.24, 2.45) is 11.1 Å². The Bertz CT molecular complexity index is 354. The van der Waals surface area contributed by atoms with Gasteiger partial charge >= 0.3 is 0 Å². The standard InChI is InChI=1S/C14H30N2O2S/c1-14(2,3)9-12-19(17,18)16(11-10-15)13-7-5-4-6-8-13/h13H,4-12,15H2,1-3H3. The molecule has 0 bridgehead atoms. The van der Waals surface area contributed by atoms with Crippen LogP contribution in [0.1, 0.15) is 59.3 Å². The second-order valence-corrected chi connectivity index (χ2v) is 8.86. The SMILES string of the molecule is CC(C)(C)CCS(=O)(=O)N(CCN)C1CCCCC1. The largest absolute Gasteiger partial charge is 0.329 e. The van der Waals surface area contributed by atoms with E-state index in [0.29, 0.717) is 19.5 Å². The van der Waals surface area contributed by atoms with Crippen LogP contribution in [-0.2, 0) is 10.0 Å². The highest BCUT2D eigenvalue weighted by Crippen LogP contribution is 2.26. The fourth-order valence-electron chi connectivity index (χ4n) is 2.60. The molecule has 0 aromatic heterocycles. The Hall–Kier alpha value is -0.130. The average Bonchev–Trinajstić information content (AvgIpc) is 2.34. The molecule has 1 rings (SSSR count). The zero-order chi connectivity index (χ0) is 14.5. The van der Waals surface area contributed by atoms with E-state index in [1.807, 2.05) is 0 Å². The molecular formula is C14H30N2O2S. The third-order valence-electron chi connectivity index (χ3n) is 3.80. The molecule has 0 saturated heterocycles. The summed E-state index contributed by atoms with van der Waals surface area (Å²) in [5.41, 5.74) is 5.66. The third-order valence-corrected chi connectivity index (χ3v) is 5.71. The van der Waals surface area contributed by atoms with Crippen molar-refractivity contribution in [3.63, 3.8) is 0 Å². The molecule has 1 aliphatic rings. The predicted molar refractivity (Wildman–Crippen MR) is 80.5 cm³/mol. The molecule has 1 aliphatic carbocycles. The van der Waals surface area contributed by atoms with E-state index in [-0.39, 0.29) is 17.2 Å². The van der Waals surface area contributed by atoms with Gasteiger partial charge in [0.2, 0.25) is 10.0 Å². The van der Waals surface area contributed by atoms with Gasteiger partial charge < -0.3 is 5.73 Å². The molecule has 0 aliphatic heterocycles. The van der Waals surface area contributed by atoms with Gasteiger partial charge in [-0.1, -0.05) is 40.0 Å². The molecule has 1 fully saturated rings. The second kappa shape index (κ2) is 7.04. The smallest absolute Gasteiger partial charge is 0.214 e. The quantitative estimate of drug-likeness (QED) is 0.816. The number of hydrogen-bond acceptors (Lipinski definition) is 3. The van der Waals surface area contributed by atoms with Gasteiger partial charge in [-0.3, -0.25) is 0 Å². The van der Waals surface area contributed by atoms with E-state index >= 15 is 0 Å². The first-order valence-corrected chi connectivity index (χ1v) is 9.07. The Kier molecular flexibility index (Phi) is 6.27. The van der Waals surface area contributed by atoms with Crippen LogP contribution in [0.5, 0.6) is 0 Å². The summed E-state index contributed by atoms with van der Waals surface area (Å²) < 4.78 is 26.8. The molecule has 0 atom stereocenters. The van der Waals surface area contributed by atoms with Crippen molar-refractivity contribution in [3.8, 4) is 0 Å². The van der Waals surface area contributed by atoms with Crippen LogP contribution in [-0.4, -0.2) is 37.6 Å². The van der Waals surface area contributed by atoms with Gasteiger partial charge in [0, 0.05) is 19.1 Å². The van der Waals surface area contributed by atoms with Gasteiger partial charge in [-0.05, 0) is 24.7 Å². The minimum atomic E-state index is -3.16. The molecular weight excluding hydrogens is 260 g/mol.